The first-order chi connectivity index (χ1) is 61.3. The Morgan fingerprint density at radius 3 is 1.25 bits per heavy atom. The quantitative estimate of drug-likeness (QED) is 0.0275. The number of rotatable bonds is 37. The molecule has 10 saturated heterocycles. The fraction of sp³-hybridized carbons (Fsp3) is 0.928. The zero-order chi connectivity index (χ0) is 97.5. The number of carbonyl (C=O) groups is 5. The van der Waals surface area contributed by atoms with Crippen LogP contribution in [0.1, 0.15) is 19.3 Å². The van der Waals surface area contributed by atoms with Gasteiger partial charge in [0, 0.05) is 19.3 Å². The van der Waals surface area contributed by atoms with E-state index in [2.05, 4.69) is 0 Å². The molecule has 0 unspecified atom stereocenters. The molecule has 0 spiro atoms. The zero-order valence-corrected chi connectivity index (χ0v) is 67.6. The minimum atomic E-state index is -3.76. The molecule has 62 nitrogen and oxygen atoms in total. The van der Waals surface area contributed by atoms with Crippen molar-refractivity contribution in [1.82, 2.24) is 0 Å². The molecule has 131 heavy (non-hydrogen) atoms. The molecular formula is C69H111NO61. The number of ether oxygens (including phenoxy) is 19. The van der Waals surface area contributed by atoms with Crippen LogP contribution in [-0.2, 0) is 114 Å². The second kappa shape index (κ2) is 44.6. The van der Waals surface area contributed by atoms with E-state index in [0.29, 0.717) is 0 Å². The van der Waals surface area contributed by atoms with Gasteiger partial charge in [0.05, 0.1) is 77.2 Å². The summed E-state index contributed by atoms with van der Waals surface area (Å²) in [5, 5.41) is 407. The highest BCUT2D eigenvalue weighted by atomic mass is 16.8. The molecule has 62 heteroatoms. The Labute approximate surface area is 732 Å². The summed E-state index contributed by atoms with van der Waals surface area (Å²) < 4.78 is 107. The van der Waals surface area contributed by atoms with Crippen molar-refractivity contribution < 1.29 is 303 Å². The van der Waals surface area contributed by atoms with E-state index in [0.717, 1.165) is 0 Å². The first-order valence-corrected chi connectivity index (χ1v) is 40.2. The van der Waals surface area contributed by atoms with Crippen LogP contribution in [0.3, 0.4) is 0 Å². The van der Waals surface area contributed by atoms with E-state index in [-0.39, 0.29) is 0 Å². The molecule has 10 aliphatic heterocycles. The van der Waals surface area contributed by atoms with Crippen molar-refractivity contribution in [3.8, 4) is 0 Å². The van der Waals surface area contributed by atoms with Gasteiger partial charge < -0.3 is 285 Å². The van der Waals surface area contributed by atoms with E-state index < -0.39 is 426 Å². The number of aliphatic hydroxyl groups excluding tert-OH is 31. The zero-order valence-electron chi connectivity index (χ0n) is 67.6. The number of hydrogen-bond donors (Lipinski definition) is 38. The Morgan fingerprint density at radius 2 is 0.725 bits per heavy atom. The lowest BCUT2D eigenvalue weighted by Gasteiger charge is -2.53. The van der Waals surface area contributed by atoms with Crippen LogP contribution in [0.15, 0.2) is 0 Å². The summed E-state index contributed by atoms with van der Waals surface area (Å²) in [6.45, 7) is -11.1. The highest BCUT2D eigenvalue weighted by Gasteiger charge is 2.66. The molecule has 0 aromatic rings. The number of carboxylic acids is 5. The summed E-state index contributed by atoms with van der Waals surface area (Å²) in [5.74, 6) is -21.4. The van der Waals surface area contributed by atoms with Crippen LogP contribution in [0.5, 0.6) is 0 Å². The Kier molecular flexibility index (Phi) is 36.9. The molecule has 10 aliphatic rings. The van der Waals surface area contributed by atoms with Crippen LogP contribution in [0, 0.1) is 0 Å². The van der Waals surface area contributed by atoms with Crippen molar-refractivity contribution in [2.45, 2.75) is 343 Å². The second-order valence-electron chi connectivity index (χ2n) is 32.6. The first-order valence-electron chi connectivity index (χ1n) is 40.2. The summed E-state index contributed by atoms with van der Waals surface area (Å²) in [6.07, 6.45) is -128. The topological polar surface area (TPSA) is 1040 Å². The molecule has 0 aromatic heterocycles. The van der Waals surface area contributed by atoms with Crippen LogP contribution >= 0.6 is 0 Å². The third kappa shape index (κ3) is 22.6. The smallest absolute Gasteiger partial charge is 0.364 e. The maximum absolute atomic E-state index is 13.5. The largest absolute Gasteiger partial charge is 0.479 e. The van der Waals surface area contributed by atoms with Gasteiger partial charge in [-0.15, -0.1) is 0 Å². The fourth-order valence-corrected chi connectivity index (χ4v) is 16.2. The highest BCUT2D eigenvalue weighted by molar-refractivity contribution is 5.77. The Bertz CT molecular complexity index is 3690. The molecule has 0 aromatic carbocycles. The van der Waals surface area contributed by atoms with Crippen molar-refractivity contribution in [2.75, 3.05) is 52.9 Å². The van der Waals surface area contributed by atoms with E-state index in [9.17, 15) is 213 Å². The van der Waals surface area contributed by atoms with Gasteiger partial charge in [0.15, 0.2) is 56.2 Å². The van der Waals surface area contributed by atoms with Crippen LogP contribution in [-0.4, -0.2) is 595 Å². The molecular weight excluding hydrogens is 1820 g/mol. The molecule has 0 aliphatic carbocycles. The average Bonchev–Trinajstić information content (AvgIpc) is 0.771. The molecule has 53 atom stereocenters. The van der Waals surface area contributed by atoms with Gasteiger partial charge in [-0.1, -0.05) is 0 Å². The van der Waals surface area contributed by atoms with E-state index in [1.54, 1.807) is 0 Å². The predicted molar refractivity (Wildman–Crippen MR) is 384 cm³/mol. The first kappa shape index (κ1) is 108. The number of hydrogen-bond acceptors (Lipinski definition) is 57. The van der Waals surface area contributed by atoms with Crippen molar-refractivity contribution in [1.29, 1.82) is 0 Å². The van der Waals surface area contributed by atoms with E-state index in [1.807, 2.05) is 0 Å². The normalized spacial score (nSPS) is 48.7. The summed E-state index contributed by atoms with van der Waals surface area (Å²) in [4.78, 5) is 64.3. The van der Waals surface area contributed by atoms with Gasteiger partial charge in [0.1, 0.15) is 226 Å². The van der Waals surface area contributed by atoms with Crippen molar-refractivity contribution in [3.63, 3.8) is 0 Å². The molecule has 10 heterocycles. The number of nitrogens with two attached hydrogens (primary N) is 1. The van der Waals surface area contributed by atoms with E-state index in [4.69, 9.17) is 95.7 Å². The molecule has 10 rings (SSSR count). The highest BCUT2D eigenvalue weighted by Crippen LogP contribution is 2.45. The van der Waals surface area contributed by atoms with E-state index >= 15 is 0 Å². The molecule has 0 saturated carbocycles. The van der Waals surface area contributed by atoms with Gasteiger partial charge in [-0.3, -0.25) is 0 Å². The summed E-state index contributed by atoms with van der Waals surface area (Å²) >= 11 is 0. The van der Waals surface area contributed by atoms with Crippen molar-refractivity contribution >= 4 is 29.8 Å². The summed E-state index contributed by atoms with van der Waals surface area (Å²) in [5.41, 5.74) is 6.15. The van der Waals surface area contributed by atoms with Crippen molar-refractivity contribution in [3.05, 3.63) is 0 Å². The molecule has 0 amide bonds. The third-order valence-electron chi connectivity index (χ3n) is 23.7. The van der Waals surface area contributed by atoms with Gasteiger partial charge in [0.2, 0.25) is 0 Å². The Morgan fingerprint density at radius 1 is 0.328 bits per heavy atom. The molecule has 0 radical (unpaired) electrons. The average molecular weight is 1930 g/mol. The van der Waals surface area contributed by atoms with Crippen LogP contribution in [0.2, 0.25) is 0 Å². The van der Waals surface area contributed by atoms with Crippen molar-refractivity contribution in [2.24, 2.45) is 5.73 Å². The van der Waals surface area contributed by atoms with Crippen LogP contribution in [0.25, 0.3) is 0 Å². The fourth-order valence-electron chi connectivity index (χ4n) is 16.2. The standard InChI is InChI=1S/C69H111NO61/c70-23-28(88)27(87)22(11-115-68(65(108)109)1-12(76)24(84)44(130-68)14(78)4-71)117-57(23)123-50-34(94)38(98)61(127-54(50)56(104)105)122-49-39(99)43(19(83)10-113-58-35(95)30(90)32(92)42(118-58)18(82)9-114-59-36(96)31(91)33(93)52(125-59)55(102)103)119-62(40(49)100)124-51-41(101)63(120-46(16(80)6-73)53(51)126-60-37(97)29(89)26(86)21(8-75)116-60)121-48-20(3-67(112,64(106)107)129-47(48)17(81)7-74)128-69(66(110)111)2-13(77)25(85)45(131-69)15(79)5-72/h12-54,57-63,71-101,112H,1-11,70H2,(H,102,103)(H,104,105)(H,106,107)(H,108,109)(H,110,111)/t12-,13-,14-,15-,16+,17-,18+,19+,20-,21-,22-,23-,24-,25-,26-,27-,28-,29+,30+,31+,32+,33-,34-,35+,36-,37-,38-,39-,40+,41+,42-,43-,44-,45-,46-,47-,48-,49+,50-,51-,52+,53-,54+,57-,58+,59-,60+,61+,62-,63-,67-,68-,69-/m1/s1. The summed E-state index contributed by atoms with van der Waals surface area (Å²) in [6, 6.07) is -2.08. The van der Waals surface area contributed by atoms with Gasteiger partial charge in [-0.2, -0.15) is 0 Å². The SMILES string of the molecule is N[C@H]1[C@@H](O[C@@H]2[C@H](O)[C@@H](O)[C@@H](O[C@@H]3[C@H](O)[C@@H](O[C@@H]4[C@H](O)[C@@H](O[C@H]5[C@@H]([C@H](O)CO)O[C@@](O)(C(=O)O)C[C@H]5O[C@]5(C(=O)O)C[C@@H](O)[C@@H](O)[C@@H]([C@H](O)CO)O5)O[C@H]([C@@H](O)CO)[C@H]4O[C@@H]4O[C@H](CO)[C@@H](O)[C@H](O)[C@H]4O)O[C@H]([C@@H](O)CO[C@H]4O[C@H]([C@@H](O)CO[C@@H]5O[C@H](C(=O)O)[C@H](O)[C@H](O)[C@H]5O)[C@@H](O)[C@H](O)[C@@H]4O)[C@H]3O)O[C@@H]2C(=O)O)O[C@H](CO[C@]2(C(=O)O)C[C@@H](O)[C@@H](O)[C@@H]([C@H](O)CO)O2)[C@@H](O)[C@@H]1O. The number of aliphatic carboxylic acids is 5. The molecule has 10 fully saturated rings. The molecule has 39 N–H and O–H groups in total. The lowest BCUT2D eigenvalue weighted by molar-refractivity contribution is -0.416. The van der Waals surface area contributed by atoms with Gasteiger partial charge >= 0.3 is 29.8 Å². The van der Waals surface area contributed by atoms with Gasteiger partial charge in [-0.05, 0) is 0 Å². The monoisotopic (exact) mass is 1930 g/mol. The van der Waals surface area contributed by atoms with E-state index in [1.165, 1.54) is 0 Å². The minimum absolute atomic E-state index is 1.15. The molecule has 758 valence electrons. The summed E-state index contributed by atoms with van der Waals surface area (Å²) in [7, 11) is 0. The van der Waals surface area contributed by atoms with Crippen LogP contribution in [0.4, 0.5) is 0 Å². The van der Waals surface area contributed by atoms with Gasteiger partial charge in [0.25, 0.3) is 17.4 Å². The lowest BCUT2D eigenvalue weighted by Crippen LogP contribution is -2.71. The van der Waals surface area contributed by atoms with Gasteiger partial charge in [-0.25, -0.2) is 24.0 Å². The Balaban J connectivity index is 1.02. The maximum atomic E-state index is 13.5. The number of carboxylic acid groups (broad SMARTS) is 5. The predicted octanol–water partition coefficient (Wildman–Crippen LogP) is -25.0. The van der Waals surface area contributed by atoms with Crippen LogP contribution < -0.4 is 5.73 Å². The number of aliphatic hydroxyl groups is 32. The molecule has 0 bridgehead atoms. The lowest BCUT2D eigenvalue weighted by atomic mass is 9.89. The second-order valence-corrected chi connectivity index (χ2v) is 32.6. The Hall–Kier alpha value is -4.73. The third-order valence-corrected chi connectivity index (χ3v) is 23.7. The minimum Gasteiger partial charge on any atom is -0.479 e. The maximum Gasteiger partial charge on any atom is 0.364 e.